The van der Waals surface area contributed by atoms with Crippen LogP contribution < -0.4 is 5.73 Å². The summed E-state index contributed by atoms with van der Waals surface area (Å²) >= 11 is 1.43. The summed E-state index contributed by atoms with van der Waals surface area (Å²) in [6.07, 6.45) is 0.696. The first-order valence-electron chi connectivity index (χ1n) is 4.75. The van der Waals surface area contributed by atoms with E-state index in [1.807, 2.05) is 0 Å². The third-order valence-corrected chi connectivity index (χ3v) is 3.08. The molecular weight excluding hydrogens is 226 g/mol. The number of nitrogens with zero attached hydrogens (tertiary/aromatic N) is 2. The molecule has 1 aromatic heterocycles. The van der Waals surface area contributed by atoms with Gasteiger partial charge in [-0.25, -0.2) is 0 Å². The normalized spacial score (nSPS) is 10.6. The van der Waals surface area contributed by atoms with Crippen LogP contribution >= 0.6 is 11.3 Å². The molecule has 0 atom stereocenters. The van der Waals surface area contributed by atoms with Crippen molar-refractivity contribution < 1.29 is 10.2 Å². The van der Waals surface area contributed by atoms with Gasteiger partial charge in [0, 0.05) is 12.0 Å². The predicted octanol–water partition coefficient (Wildman–Crippen LogP) is 1.12. The van der Waals surface area contributed by atoms with Crippen LogP contribution in [0.4, 0.5) is 0 Å². The summed E-state index contributed by atoms with van der Waals surface area (Å²) in [6, 6.07) is 4.57. The molecule has 84 valence electrons. The largest absolute Gasteiger partial charge is 0.504 e. The first-order chi connectivity index (χ1) is 7.70. The lowest BCUT2D eigenvalue weighted by atomic mass is 10.2. The molecule has 0 spiro atoms. The number of nitrogens with two attached hydrogens (primary N) is 1. The van der Waals surface area contributed by atoms with E-state index in [4.69, 9.17) is 5.73 Å². The summed E-state index contributed by atoms with van der Waals surface area (Å²) in [4.78, 5) is 0. The highest BCUT2D eigenvalue weighted by molar-refractivity contribution is 7.14. The van der Waals surface area contributed by atoms with Gasteiger partial charge >= 0.3 is 0 Å². The van der Waals surface area contributed by atoms with Crippen LogP contribution in [0, 0.1) is 0 Å². The molecule has 0 aliphatic carbocycles. The average molecular weight is 237 g/mol. The minimum absolute atomic E-state index is 0.143. The molecule has 0 aliphatic rings. The minimum atomic E-state index is -0.159. The molecule has 4 N–H and O–H groups in total. The summed E-state index contributed by atoms with van der Waals surface area (Å²) in [5, 5.41) is 28.1. The Labute approximate surface area is 96.2 Å². The molecular formula is C10H11N3O2S. The second-order valence-corrected chi connectivity index (χ2v) is 4.31. The number of aromatic hydroxyl groups is 2. The van der Waals surface area contributed by atoms with Gasteiger partial charge in [0.25, 0.3) is 0 Å². The van der Waals surface area contributed by atoms with Crippen LogP contribution in [0.1, 0.15) is 5.01 Å². The van der Waals surface area contributed by atoms with E-state index in [1.165, 1.54) is 23.5 Å². The fourth-order valence-electron chi connectivity index (χ4n) is 1.25. The Morgan fingerprint density at radius 1 is 1.19 bits per heavy atom. The van der Waals surface area contributed by atoms with Crippen LogP contribution in [0.5, 0.6) is 11.5 Å². The Bertz CT molecular complexity index is 499. The topological polar surface area (TPSA) is 92.3 Å². The molecule has 2 rings (SSSR count). The number of hydrogen-bond acceptors (Lipinski definition) is 6. The molecule has 0 saturated carbocycles. The molecule has 16 heavy (non-hydrogen) atoms. The predicted molar refractivity (Wildman–Crippen MR) is 61.4 cm³/mol. The van der Waals surface area contributed by atoms with Gasteiger partial charge in [0.1, 0.15) is 10.0 Å². The molecule has 1 heterocycles. The Hall–Kier alpha value is -1.66. The van der Waals surface area contributed by atoms with Crippen molar-refractivity contribution in [2.75, 3.05) is 6.54 Å². The zero-order valence-corrected chi connectivity index (χ0v) is 9.24. The van der Waals surface area contributed by atoms with Crippen molar-refractivity contribution >= 4 is 11.3 Å². The summed E-state index contributed by atoms with van der Waals surface area (Å²) in [7, 11) is 0. The number of phenols is 2. The van der Waals surface area contributed by atoms with Gasteiger partial charge in [-0.1, -0.05) is 11.3 Å². The van der Waals surface area contributed by atoms with Gasteiger partial charge < -0.3 is 15.9 Å². The van der Waals surface area contributed by atoms with E-state index < -0.39 is 0 Å². The SMILES string of the molecule is NCCc1nnc(-c2ccc(O)c(O)c2)s1. The molecule has 2 aromatic rings. The molecule has 0 fully saturated rings. The van der Waals surface area contributed by atoms with Crippen molar-refractivity contribution in [3.05, 3.63) is 23.2 Å². The highest BCUT2D eigenvalue weighted by Crippen LogP contribution is 2.31. The molecule has 0 amide bonds. The maximum Gasteiger partial charge on any atom is 0.158 e. The first kappa shape index (κ1) is 10.8. The summed E-state index contributed by atoms with van der Waals surface area (Å²) in [5.41, 5.74) is 6.15. The van der Waals surface area contributed by atoms with Gasteiger partial charge in [-0.3, -0.25) is 0 Å². The van der Waals surface area contributed by atoms with Gasteiger partial charge in [-0.2, -0.15) is 0 Å². The van der Waals surface area contributed by atoms with Gasteiger partial charge in [0.2, 0.25) is 0 Å². The van der Waals surface area contributed by atoms with Crippen LogP contribution in [0.25, 0.3) is 10.6 Å². The molecule has 0 radical (unpaired) electrons. The van der Waals surface area contributed by atoms with Crippen LogP contribution in [-0.2, 0) is 6.42 Å². The summed E-state index contributed by atoms with van der Waals surface area (Å²) in [6.45, 7) is 0.537. The smallest absolute Gasteiger partial charge is 0.158 e. The van der Waals surface area contributed by atoms with E-state index in [9.17, 15) is 10.2 Å². The van der Waals surface area contributed by atoms with Crippen LogP contribution in [0.2, 0.25) is 0 Å². The van der Waals surface area contributed by atoms with E-state index in [2.05, 4.69) is 10.2 Å². The lowest BCUT2D eigenvalue weighted by Gasteiger charge is -1.98. The highest BCUT2D eigenvalue weighted by Gasteiger charge is 2.08. The lowest BCUT2D eigenvalue weighted by Crippen LogP contribution is -2.01. The molecule has 0 saturated heterocycles. The summed E-state index contributed by atoms with van der Waals surface area (Å²) in [5.74, 6) is -0.302. The quantitative estimate of drug-likeness (QED) is 0.696. The van der Waals surface area contributed by atoms with Crippen molar-refractivity contribution in [1.82, 2.24) is 10.2 Å². The van der Waals surface area contributed by atoms with E-state index >= 15 is 0 Å². The Balaban J connectivity index is 2.31. The fourth-order valence-corrected chi connectivity index (χ4v) is 2.10. The van der Waals surface area contributed by atoms with E-state index in [1.54, 1.807) is 6.07 Å². The van der Waals surface area contributed by atoms with Crippen molar-refractivity contribution in [2.24, 2.45) is 5.73 Å². The van der Waals surface area contributed by atoms with Gasteiger partial charge in [-0.15, -0.1) is 10.2 Å². The molecule has 5 nitrogen and oxygen atoms in total. The molecule has 6 heteroatoms. The van der Waals surface area contributed by atoms with E-state index in [0.29, 0.717) is 18.0 Å². The van der Waals surface area contributed by atoms with Crippen molar-refractivity contribution in [1.29, 1.82) is 0 Å². The first-order valence-corrected chi connectivity index (χ1v) is 5.57. The standard InChI is InChI=1S/C10H11N3O2S/c11-4-3-9-12-13-10(16-9)6-1-2-7(14)8(15)5-6/h1-2,5,14-15H,3-4,11H2. The Morgan fingerprint density at radius 3 is 2.69 bits per heavy atom. The third-order valence-electron chi connectivity index (χ3n) is 2.05. The number of benzene rings is 1. The minimum Gasteiger partial charge on any atom is -0.504 e. The third kappa shape index (κ3) is 2.12. The number of rotatable bonds is 3. The molecule has 0 bridgehead atoms. The van der Waals surface area contributed by atoms with Crippen molar-refractivity contribution in [2.45, 2.75) is 6.42 Å². The zero-order valence-electron chi connectivity index (χ0n) is 8.42. The second-order valence-electron chi connectivity index (χ2n) is 3.24. The maximum atomic E-state index is 9.36. The van der Waals surface area contributed by atoms with Crippen molar-refractivity contribution in [3.8, 4) is 22.1 Å². The zero-order chi connectivity index (χ0) is 11.5. The van der Waals surface area contributed by atoms with Crippen LogP contribution in [0.15, 0.2) is 18.2 Å². The van der Waals surface area contributed by atoms with Crippen molar-refractivity contribution in [3.63, 3.8) is 0 Å². The monoisotopic (exact) mass is 237 g/mol. The van der Waals surface area contributed by atoms with E-state index in [-0.39, 0.29) is 11.5 Å². The molecule has 0 unspecified atom stereocenters. The van der Waals surface area contributed by atoms with Crippen LogP contribution in [0.3, 0.4) is 0 Å². The fraction of sp³-hybridized carbons (Fsp3) is 0.200. The summed E-state index contributed by atoms with van der Waals surface area (Å²) < 4.78 is 0. The van der Waals surface area contributed by atoms with Crippen LogP contribution in [-0.4, -0.2) is 27.0 Å². The lowest BCUT2D eigenvalue weighted by molar-refractivity contribution is 0.404. The second kappa shape index (κ2) is 4.46. The average Bonchev–Trinajstić information content (AvgIpc) is 2.71. The highest BCUT2D eigenvalue weighted by atomic mass is 32.1. The van der Waals surface area contributed by atoms with E-state index in [0.717, 1.165) is 10.6 Å². The Kier molecular flexibility index (Phi) is 3.02. The number of aromatic nitrogens is 2. The number of phenolic OH excluding ortho intramolecular Hbond substituents is 2. The molecule has 0 aliphatic heterocycles. The Morgan fingerprint density at radius 2 is 2.00 bits per heavy atom. The molecule has 1 aromatic carbocycles. The van der Waals surface area contributed by atoms with Gasteiger partial charge in [0.05, 0.1) is 0 Å². The van der Waals surface area contributed by atoms with Gasteiger partial charge in [-0.05, 0) is 24.7 Å². The maximum absolute atomic E-state index is 9.36. The number of hydrogen-bond donors (Lipinski definition) is 3. The van der Waals surface area contributed by atoms with Gasteiger partial charge in [0.15, 0.2) is 11.5 Å².